The van der Waals surface area contributed by atoms with Crippen molar-refractivity contribution in [3.63, 3.8) is 0 Å². The van der Waals surface area contributed by atoms with Crippen molar-refractivity contribution >= 4 is 11.8 Å². The first-order valence-electron chi connectivity index (χ1n) is 6.35. The topological polar surface area (TPSA) is 55.6 Å². The Morgan fingerprint density at radius 1 is 1.32 bits per heavy atom. The summed E-state index contributed by atoms with van der Waals surface area (Å²) in [6.45, 7) is 2.17. The first-order chi connectivity index (χ1) is 9.24. The van der Waals surface area contributed by atoms with Gasteiger partial charge in [-0.25, -0.2) is 4.68 Å². The normalized spacial score (nSPS) is 12.6. The zero-order chi connectivity index (χ0) is 13.7. The summed E-state index contributed by atoms with van der Waals surface area (Å²) in [6.07, 6.45) is 1.07. The van der Waals surface area contributed by atoms with Gasteiger partial charge >= 0.3 is 0 Å². The number of tetrazole rings is 1. The molecule has 0 saturated heterocycles. The first-order valence-corrected chi connectivity index (χ1v) is 7.34. The van der Waals surface area contributed by atoms with Crippen molar-refractivity contribution in [1.29, 1.82) is 0 Å². The quantitative estimate of drug-likeness (QED) is 0.816. The highest BCUT2D eigenvalue weighted by Gasteiger charge is 2.12. The Morgan fingerprint density at radius 3 is 2.58 bits per heavy atom. The number of nitrogens with zero attached hydrogens (tertiary/aromatic N) is 4. The summed E-state index contributed by atoms with van der Waals surface area (Å²) in [5.74, 6) is 0.899. The molecule has 0 spiro atoms. The second-order valence-corrected chi connectivity index (χ2v) is 5.32. The van der Waals surface area contributed by atoms with Gasteiger partial charge in [0.25, 0.3) is 0 Å². The number of benzene rings is 1. The van der Waals surface area contributed by atoms with E-state index in [0.717, 1.165) is 17.3 Å². The van der Waals surface area contributed by atoms with E-state index in [1.807, 2.05) is 14.1 Å². The molecule has 6 heteroatoms. The van der Waals surface area contributed by atoms with Crippen molar-refractivity contribution in [2.45, 2.75) is 24.5 Å². The van der Waals surface area contributed by atoms with E-state index in [-0.39, 0.29) is 0 Å². The molecule has 1 aromatic heterocycles. The van der Waals surface area contributed by atoms with Crippen molar-refractivity contribution in [3.05, 3.63) is 35.4 Å². The minimum atomic E-state index is 0.299. The Labute approximate surface area is 117 Å². The van der Waals surface area contributed by atoms with Crippen LogP contribution in [0.1, 0.15) is 24.1 Å². The van der Waals surface area contributed by atoms with Crippen LogP contribution in [-0.2, 0) is 13.5 Å². The molecule has 0 radical (unpaired) electrons. The molecule has 2 aromatic rings. The molecule has 0 fully saturated rings. The van der Waals surface area contributed by atoms with Crippen LogP contribution in [0.5, 0.6) is 0 Å². The minimum absolute atomic E-state index is 0.299. The average Bonchev–Trinajstić information content (AvgIpc) is 2.86. The molecule has 0 amide bonds. The number of thioether (sulfide) groups is 1. The minimum Gasteiger partial charge on any atom is -0.312 e. The Morgan fingerprint density at radius 2 is 2.05 bits per heavy atom. The molecule has 1 atom stereocenters. The van der Waals surface area contributed by atoms with E-state index in [1.165, 1.54) is 11.1 Å². The summed E-state index contributed by atoms with van der Waals surface area (Å²) in [4.78, 5) is 0. The monoisotopic (exact) mass is 277 g/mol. The molecule has 0 saturated carbocycles. The standard InChI is InChI=1S/C13H19N5S/c1-4-10-5-7-11(8-6-10)12(14-2)9-19-13-15-16-17-18(13)3/h5-8,12,14H,4,9H2,1-3H3. The summed E-state index contributed by atoms with van der Waals surface area (Å²) in [5, 5.41) is 15.6. The van der Waals surface area contributed by atoms with Crippen LogP contribution >= 0.6 is 11.8 Å². The fourth-order valence-electron chi connectivity index (χ4n) is 1.83. The predicted molar refractivity (Wildman–Crippen MR) is 77.1 cm³/mol. The highest BCUT2D eigenvalue weighted by Crippen LogP contribution is 2.22. The number of aryl methyl sites for hydroxylation is 2. The molecule has 0 aliphatic rings. The Bertz CT molecular complexity index is 508. The smallest absolute Gasteiger partial charge is 0.209 e. The van der Waals surface area contributed by atoms with E-state index in [2.05, 4.69) is 52.0 Å². The molecule has 1 unspecified atom stereocenters. The van der Waals surface area contributed by atoms with Gasteiger partial charge in [0.15, 0.2) is 0 Å². The van der Waals surface area contributed by atoms with E-state index < -0.39 is 0 Å². The largest absolute Gasteiger partial charge is 0.312 e. The van der Waals surface area contributed by atoms with Gasteiger partial charge in [-0.15, -0.1) is 5.10 Å². The Balaban J connectivity index is 2.01. The molecule has 102 valence electrons. The lowest BCUT2D eigenvalue weighted by Crippen LogP contribution is -2.19. The molecule has 1 aromatic carbocycles. The highest BCUT2D eigenvalue weighted by atomic mass is 32.2. The van der Waals surface area contributed by atoms with Gasteiger partial charge in [0.1, 0.15) is 0 Å². The zero-order valence-corrected chi connectivity index (χ0v) is 12.3. The van der Waals surface area contributed by atoms with Crippen LogP contribution in [-0.4, -0.2) is 33.0 Å². The molecule has 5 nitrogen and oxygen atoms in total. The Hall–Kier alpha value is -1.40. The van der Waals surface area contributed by atoms with Gasteiger partial charge in [-0.1, -0.05) is 43.0 Å². The van der Waals surface area contributed by atoms with Crippen molar-refractivity contribution in [3.8, 4) is 0 Å². The number of hydrogen-bond acceptors (Lipinski definition) is 5. The predicted octanol–water partition coefficient (Wildman–Crippen LogP) is 1.83. The van der Waals surface area contributed by atoms with Gasteiger partial charge in [0, 0.05) is 18.8 Å². The second kappa shape index (κ2) is 6.68. The first kappa shape index (κ1) is 14.0. The molecule has 1 heterocycles. The van der Waals surface area contributed by atoms with Gasteiger partial charge in [0.2, 0.25) is 5.16 Å². The van der Waals surface area contributed by atoms with Crippen LogP contribution in [0.3, 0.4) is 0 Å². The summed E-state index contributed by atoms with van der Waals surface area (Å²) < 4.78 is 1.69. The van der Waals surface area contributed by atoms with E-state index in [4.69, 9.17) is 0 Å². The van der Waals surface area contributed by atoms with E-state index in [9.17, 15) is 0 Å². The number of hydrogen-bond donors (Lipinski definition) is 1. The van der Waals surface area contributed by atoms with Crippen molar-refractivity contribution in [1.82, 2.24) is 25.5 Å². The third-order valence-electron chi connectivity index (χ3n) is 3.10. The summed E-state index contributed by atoms with van der Waals surface area (Å²) in [6, 6.07) is 9.06. The van der Waals surface area contributed by atoms with Gasteiger partial charge in [-0.05, 0) is 35.0 Å². The maximum absolute atomic E-state index is 3.98. The lowest BCUT2D eigenvalue weighted by Gasteiger charge is -2.16. The second-order valence-electron chi connectivity index (χ2n) is 4.33. The molecule has 2 rings (SSSR count). The molecular formula is C13H19N5S. The SMILES string of the molecule is CCc1ccc(C(CSc2nnnn2C)NC)cc1. The molecule has 1 N–H and O–H groups in total. The van der Waals surface area contributed by atoms with Gasteiger partial charge < -0.3 is 5.32 Å². The van der Waals surface area contributed by atoms with Crippen LogP contribution in [0, 0.1) is 0 Å². The lowest BCUT2D eigenvalue weighted by atomic mass is 10.1. The van der Waals surface area contributed by atoms with Crippen molar-refractivity contribution in [2.75, 3.05) is 12.8 Å². The number of aromatic nitrogens is 4. The summed E-state index contributed by atoms with van der Waals surface area (Å²) >= 11 is 1.66. The van der Waals surface area contributed by atoms with Crippen LogP contribution < -0.4 is 5.32 Å². The fourth-order valence-corrected chi connectivity index (χ4v) is 2.83. The number of nitrogens with one attached hydrogen (secondary N) is 1. The van der Waals surface area contributed by atoms with E-state index >= 15 is 0 Å². The fraction of sp³-hybridized carbons (Fsp3) is 0.462. The lowest BCUT2D eigenvalue weighted by molar-refractivity contribution is 0.649. The van der Waals surface area contributed by atoms with Gasteiger partial charge in [-0.2, -0.15) is 0 Å². The third-order valence-corrected chi connectivity index (χ3v) is 4.20. The molecule has 0 aliphatic carbocycles. The maximum atomic E-state index is 3.98. The summed E-state index contributed by atoms with van der Waals surface area (Å²) in [5.41, 5.74) is 2.66. The van der Waals surface area contributed by atoms with Crippen LogP contribution in [0.25, 0.3) is 0 Å². The molecule has 0 aliphatic heterocycles. The van der Waals surface area contributed by atoms with Crippen LogP contribution in [0.4, 0.5) is 0 Å². The maximum Gasteiger partial charge on any atom is 0.209 e. The summed E-state index contributed by atoms with van der Waals surface area (Å²) in [7, 11) is 3.83. The third kappa shape index (κ3) is 3.54. The van der Waals surface area contributed by atoms with Crippen LogP contribution in [0.2, 0.25) is 0 Å². The van der Waals surface area contributed by atoms with Crippen molar-refractivity contribution < 1.29 is 0 Å². The zero-order valence-electron chi connectivity index (χ0n) is 11.5. The molecular weight excluding hydrogens is 258 g/mol. The number of rotatable bonds is 6. The van der Waals surface area contributed by atoms with Crippen molar-refractivity contribution in [2.24, 2.45) is 7.05 Å². The van der Waals surface area contributed by atoms with E-state index in [0.29, 0.717) is 6.04 Å². The van der Waals surface area contributed by atoms with Gasteiger partial charge in [0.05, 0.1) is 0 Å². The van der Waals surface area contributed by atoms with Crippen LogP contribution in [0.15, 0.2) is 29.4 Å². The molecule has 19 heavy (non-hydrogen) atoms. The average molecular weight is 277 g/mol. The molecule has 0 bridgehead atoms. The van der Waals surface area contributed by atoms with Gasteiger partial charge in [-0.3, -0.25) is 0 Å². The Kier molecular flexibility index (Phi) is 4.93. The highest BCUT2D eigenvalue weighted by molar-refractivity contribution is 7.99. The van der Waals surface area contributed by atoms with E-state index in [1.54, 1.807) is 16.4 Å².